The molecular formula is C12H22N6. The van der Waals surface area contributed by atoms with Crippen LogP contribution in [0.4, 0.5) is 17.8 Å². The normalized spacial score (nSPS) is 15.4. The Morgan fingerprint density at radius 1 is 1.11 bits per heavy atom. The van der Waals surface area contributed by atoms with Crippen molar-refractivity contribution in [3.63, 3.8) is 0 Å². The van der Waals surface area contributed by atoms with Gasteiger partial charge in [-0.15, -0.1) is 0 Å². The SMILES string of the molecule is CNc1nc(NC(C)(C)C2CC2)nc(N(C)C)n1. The zero-order valence-electron chi connectivity index (χ0n) is 11.8. The molecule has 0 saturated heterocycles. The Balaban J connectivity index is 2.23. The maximum atomic E-state index is 4.43. The van der Waals surface area contributed by atoms with Crippen LogP contribution in [0.3, 0.4) is 0 Å². The molecule has 1 saturated carbocycles. The van der Waals surface area contributed by atoms with Crippen molar-refractivity contribution >= 4 is 17.8 Å². The Kier molecular flexibility index (Phi) is 3.28. The van der Waals surface area contributed by atoms with E-state index in [0.29, 0.717) is 17.8 Å². The van der Waals surface area contributed by atoms with E-state index in [0.717, 1.165) is 5.92 Å². The molecule has 6 heteroatoms. The molecule has 100 valence electrons. The van der Waals surface area contributed by atoms with E-state index in [2.05, 4.69) is 39.4 Å². The number of hydrogen-bond acceptors (Lipinski definition) is 6. The molecule has 1 heterocycles. The highest BCUT2D eigenvalue weighted by atomic mass is 15.3. The molecule has 0 amide bonds. The summed E-state index contributed by atoms with van der Waals surface area (Å²) in [5.74, 6) is 2.59. The number of anilines is 3. The van der Waals surface area contributed by atoms with Crippen LogP contribution < -0.4 is 15.5 Å². The van der Waals surface area contributed by atoms with Gasteiger partial charge in [0.05, 0.1) is 0 Å². The van der Waals surface area contributed by atoms with Crippen LogP contribution in [0.1, 0.15) is 26.7 Å². The van der Waals surface area contributed by atoms with Crippen LogP contribution in [0.15, 0.2) is 0 Å². The molecule has 2 rings (SSSR count). The van der Waals surface area contributed by atoms with Gasteiger partial charge in [-0.05, 0) is 32.6 Å². The third-order valence-corrected chi connectivity index (χ3v) is 3.28. The molecule has 0 aliphatic heterocycles. The molecule has 1 aromatic heterocycles. The van der Waals surface area contributed by atoms with Gasteiger partial charge < -0.3 is 15.5 Å². The van der Waals surface area contributed by atoms with Crippen LogP contribution in [0.5, 0.6) is 0 Å². The van der Waals surface area contributed by atoms with Crippen LogP contribution in [-0.2, 0) is 0 Å². The van der Waals surface area contributed by atoms with Gasteiger partial charge in [-0.3, -0.25) is 0 Å². The van der Waals surface area contributed by atoms with Gasteiger partial charge in [0.25, 0.3) is 0 Å². The molecule has 1 aliphatic rings. The third-order valence-electron chi connectivity index (χ3n) is 3.28. The number of rotatable bonds is 5. The zero-order chi connectivity index (χ0) is 13.3. The summed E-state index contributed by atoms with van der Waals surface area (Å²) in [6.45, 7) is 4.39. The number of aromatic nitrogens is 3. The molecule has 2 N–H and O–H groups in total. The second kappa shape index (κ2) is 4.59. The Labute approximate surface area is 108 Å². The average molecular weight is 250 g/mol. The lowest BCUT2D eigenvalue weighted by Crippen LogP contribution is -2.34. The fourth-order valence-corrected chi connectivity index (χ4v) is 1.93. The van der Waals surface area contributed by atoms with Crippen molar-refractivity contribution < 1.29 is 0 Å². The predicted octanol–water partition coefficient (Wildman–Crippen LogP) is 1.58. The third kappa shape index (κ3) is 2.80. The second-order valence-electron chi connectivity index (χ2n) is 5.55. The van der Waals surface area contributed by atoms with Crippen molar-refractivity contribution in [2.24, 2.45) is 5.92 Å². The minimum absolute atomic E-state index is 0.0376. The lowest BCUT2D eigenvalue weighted by molar-refractivity contribution is 0.490. The minimum atomic E-state index is 0.0376. The van der Waals surface area contributed by atoms with Crippen molar-refractivity contribution in [2.45, 2.75) is 32.2 Å². The molecule has 0 aromatic carbocycles. The van der Waals surface area contributed by atoms with E-state index < -0.39 is 0 Å². The van der Waals surface area contributed by atoms with Crippen LogP contribution in [0, 0.1) is 5.92 Å². The summed E-state index contributed by atoms with van der Waals surface area (Å²) in [4.78, 5) is 15.0. The first-order valence-electron chi connectivity index (χ1n) is 6.31. The van der Waals surface area contributed by atoms with Crippen molar-refractivity contribution in [2.75, 3.05) is 36.7 Å². The number of nitrogens with zero attached hydrogens (tertiary/aromatic N) is 4. The topological polar surface area (TPSA) is 66.0 Å². The molecule has 0 atom stereocenters. The number of hydrogen-bond donors (Lipinski definition) is 2. The van der Waals surface area contributed by atoms with Gasteiger partial charge >= 0.3 is 0 Å². The minimum Gasteiger partial charge on any atom is -0.357 e. The van der Waals surface area contributed by atoms with Crippen molar-refractivity contribution in [3.05, 3.63) is 0 Å². The van der Waals surface area contributed by atoms with Crippen LogP contribution in [-0.4, -0.2) is 41.6 Å². The lowest BCUT2D eigenvalue weighted by Gasteiger charge is -2.26. The zero-order valence-corrected chi connectivity index (χ0v) is 11.8. The molecule has 6 nitrogen and oxygen atoms in total. The monoisotopic (exact) mass is 250 g/mol. The molecule has 1 aliphatic carbocycles. The highest BCUT2D eigenvalue weighted by molar-refractivity contribution is 5.44. The van der Waals surface area contributed by atoms with Crippen LogP contribution >= 0.6 is 0 Å². The van der Waals surface area contributed by atoms with E-state index in [1.54, 1.807) is 0 Å². The van der Waals surface area contributed by atoms with Gasteiger partial charge in [0.15, 0.2) is 0 Å². The molecule has 0 radical (unpaired) electrons. The maximum absolute atomic E-state index is 4.43. The van der Waals surface area contributed by atoms with E-state index in [-0.39, 0.29) is 5.54 Å². The smallest absolute Gasteiger partial charge is 0.231 e. The fraction of sp³-hybridized carbons (Fsp3) is 0.750. The summed E-state index contributed by atoms with van der Waals surface area (Å²) in [5.41, 5.74) is 0.0376. The summed E-state index contributed by atoms with van der Waals surface area (Å²) in [5, 5.41) is 6.39. The van der Waals surface area contributed by atoms with Crippen molar-refractivity contribution in [1.29, 1.82) is 0 Å². The highest BCUT2D eigenvalue weighted by Crippen LogP contribution is 2.40. The average Bonchev–Trinajstić information content (AvgIpc) is 3.11. The summed E-state index contributed by atoms with van der Waals surface area (Å²) < 4.78 is 0. The van der Waals surface area contributed by atoms with E-state index >= 15 is 0 Å². The van der Waals surface area contributed by atoms with Crippen molar-refractivity contribution in [3.8, 4) is 0 Å². The Morgan fingerprint density at radius 2 is 1.72 bits per heavy atom. The molecule has 0 unspecified atom stereocenters. The predicted molar refractivity (Wildman–Crippen MR) is 74.1 cm³/mol. The summed E-state index contributed by atoms with van der Waals surface area (Å²) in [6, 6.07) is 0. The Hall–Kier alpha value is -1.59. The first-order chi connectivity index (χ1) is 8.42. The molecule has 0 spiro atoms. The molecular weight excluding hydrogens is 228 g/mol. The molecule has 0 bridgehead atoms. The van der Waals surface area contributed by atoms with Gasteiger partial charge in [0.2, 0.25) is 17.8 Å². The molecule has 1 aromatic rings. The Morgan fingerprint density at radius 3 is 2.22 bits per heavy atom. The maximum Gasteiger partial charge on any atom is 0.231 e. The van der Waals surface area contributed by atoms with Crippen LogP contribution in [0.25, 0.3) is 0 Å². The number of nitrogens with one attached hydrogen (secondary N) is 2. The molecule has 1 fully saturated rings. The van der Waals surface area contributed by atoms with E-state index in [1.165, 1.54) is 12.8 Å². The summed E-state index contributed by atoms with van der Waals surface area (Å²) >= 11 is 0. The van der Waals surface area contributed by atoms with Gasteiger partial charge in [-0.2, -0.15) is 15.0 Å². The largest absolute Gasteiger partial charge is 0.357 e. The highest BCUT2D eigenvalue weighted by Gasteiger charge is 2.38. The van der Waals surface area contributed by atoms with E-state index in [9.17, 15) is 0 Å². The summed E-state index contributed by atoms with van der Waals surface area (Å²) in [6.07, 6.45) is 2.56. The first-order valence-corrected chi connectivity index (χ1v) is 6.31. The van der Waals surface area contributed by atoms with Gasteiger partial charge in [-0.1, -0.05) is 0 Å². The van der Waals surface area contributed by atoms with E-state index in [4.69, 9.17) is 0 Å². The summed E-state index contributed by atoms with van der Waals surface area (Å²) in [7, 11) is 5.65. The standard InChI is InChI=1S/C12H22N6/c1-12(2,8-6-7-8)17-10-14-9(13-3)15-11(16-10)18(4)5/h8H,6-7H2,1-5H3,(H2,13,14,15,16,17). The van der Waals surface area contributed by atoms with Gasteiger partial charge in [0.1, 0.15) is 0 Å². The van der Waals surface area contributed by atoms with Crippen molar-refractivity contribution in [1.82, 2.24) is 15.0 Å². The van der Waals surface area contributed by atoms with Gasteiger partial charge in [-0.25, -0.2) is 0 Å². The first kappa shape index (κ1) is 12.9. The van der Waals surface area contributed by atoms with E-state index in [1.807, 2.05) is 26.0 Å². The second-order valence-corrected chi connectivity index (χ2v) is 5.55. The fourth-order valence-electron chi connectivity index (χ4n) is 1.93. The molecule has 18 heavy (non-hydrogen) atoms. The van der Waals surface area contributed by atoms with Crippen LogP contribution in [0.2, 0.25) is 0 Å². The Bertz CT molecular complexity index is 425. The quantitative estimate of drug-likeness (QED) is 0.827. The lowest BCUT2D eigenvalue weighted by atomic mass is 9.99. The van der Waals surface area contributed by atoms with Gasteiger partial charge in [0, 0.05) is 26.7 Å².